The Morgan fingerprint density at radius 3 is 0.793 bits per heavy atom. The van der Waals surface area contributed by atoms with Crippen LogP contribution in [0.1, 0.15) is 27.7 Å². The largest absolute Gasteiger partial charge is 0.478 e. The van der Waals surface area contributed by atoms with Crippen LogP contribution >= 0.6 is 0 Å². The van der Waals surface area contributed by atoms with Gasteiger partial charge in [0.1, 0.15) is 0 Å². The number of esters is 1. The van der Waals surface area contributed by atoms with Gasteiger partial charge in [-0.15, -0.1) is 0 Å². The molecule has 0 unspecified atom stereocenters. The van der Waals surface area contributed by atoms with Crippen molar-refractivity contribution in [2.75, 3.05) is 20.3 Å². The van der Waals surface area contributed by atoms with Crippen LogP contribution in [0.4, 0.5) is 0 Å². The van der Waals surface area contributed by atoms with E-state index in [-0.39, 0.29) is 35.9 Å². The fourth-order valence-corrected chi connectivity index (χ4v) is 0.174. The minimum Gasteiger partial charge on any atom is -0.478 e. The van der Waals surface area contributed by atoms with Gasteiger partial charge in [0.2, 0.25) is 0 Å². The molecule has 0 aliphatic heterocycles. The Morgan fingerprint density at radius 1 is 0.621 bits per heavy atom. The number of carbonyl (C=O) groups is 4. The predicted molar refractivity (Wildman–Crippen MR) is 108 cm³/mol. The summed E-state index contributed by atoms with van der Waals surface area (Å²) in [7, 11) is 1.33. The van der Waals surface area contributed by atoms with Crippen LogP contribution in [-0.2, 0) is 23.9 Å². The zero-order valence-electron chi connectivity index (χ0n) is 17.5. The Labute approximate surface area is 170 Å². The molecule has 0 aliphatic rings. The monoisotopic (exact) mass is 420 g/mol. The first-order valence-corrected chi connectivity index (χ1v) is 7.65. The van der Waals surface area contributed by atoms with Gasteiger partial charge < -0.3 is 30.3 Å². The van der Waals surface area contributed by atoms with Crippen molar-refractivity contribution >= 4 is 23.9 Å². The molecule has 0 bridgehead atoms. The highest BCUT2D eigenvalue weighted by Gasteiger charge is 1.95. The first kappa shape index (κ1) is 36.6. The second kappa shape index (κ2) is 24.8. The molecule has 0 heterocycles. The maximum absolute atomic E-state index is 10.2. The Balaban J connectivity index is -0.0000000836. The number of carboxylic acids is 3. The summed E-state index contributed by atoms with van der Waals surface area (Å²) in [4.78, 5) is 39.0. The highest BCUT2D eigenvalue weighted by atomic mass is 16.5. The number of carboxylic acid groups (broad SMARTS) is 3. The molecule has 0 aliphatic carbocycles. The van der Waals surface area contributed by atoms with Gasteiger partial charge >= 0.3 is 23.9 Å². The van der Waals surface area contributed by atoms with Crippen molar-refractivity contribution in [3.05, 3.63) is 48.6 Å². The number of aliphatic hydroxyl groups is 2. The van der Waals surface area contributed by atoms with Crippen LogP contribution in [0.3, 0.4) is 0 Å². The van der Waals surface area contributed by atoms with Crippen molar-refractivity contribution in [2.45, 2.75) is 27.7 Å². The van der Waals surface area contributed by atoms with Crippen LogP contribution in [-0.4, -0.2) is 69.7 Å². The van der Waals surface area contributed by atoms with Crippen LogP contribution < -0.4 is 0 Å². The lowest BCUT2D eigenvalue weighted by molar-refractivity contribution is -0.136. The van der Waals surface area contributed by atoms with Crippen molar-refractivity contribution < 1.29 is 49.4 Å². The summed E-state index contributed by atoms with van der Waals surface area (Å²) >= 11 is 0. The number of ether oxygens (including phenoxy) is 1. The topological polar surface area (TPSA) is 179 Å². The van der Waals surface area contributed by atoms with Crippen molar-refractivity contribution in [2.24, 2.45) is 0 Å². The van der Waals surface area contributed by atoms with Gasteiger partial charge in [0.05, 0.1) is 20.3 Å². The Bertz CT molecular complexity index is 478. The third-order valence-corrected chi connectivity index (χ3v) is 1.73. The van der Waals surface area contributed by atoms with Gasteiger partial charge in [-0.2, -0.15) is 0 Å². The Hall–Kier alpha value is -3.24. The average molecular weight is 420 g/mol. The number of methoxy groups -OCH3 is 1. The van der Waals surface area contributed by atoms with Gasteiger partial charge in [0, 0.05) is 22.3 Å². The number of carbonyl (C=O) groups excluding carboxylic acids is 1. The molecule has 0 aromatic heterocycles. The lowest BCUT2D eigenvalue weighted by Crippen LogP contribution is -1.98. The van der Waals surface area contributed by atoms with E-state index in [1.165, 1.54) is 27.9 Å². The van der Waals surface area contributed by atoms with E-state index >= 15 is 0 Å². The fourth-order valence-electron chi connectivity index (χ4n) is 0.174. The molecular weight excluding hydrogens is 388 g/mol. The number of aliphatic hydroxyl groups excluding tert-OH is 2. The highest BCUT2D eigenvalue weighted by Crippen LogP contribution is 1.87. The molecule has 0 aromatic rings. The van der Waals surface area contributed by atoms with E-state index in [1.807, 2.05) is 0 Å². The molecule has 0 fully saturated rings. The van der Waals surface area contributed by atoms with Crippen LogP contribution in [0.2, 0.25) is 0 Å². The summed E-state index contributed by atoms with van der Waals surface area (Å²) in [6.07, 6.45) is 0. The molecule has 10 nitrogen and oxygen atoms in total. The smallest absolute Gasteiger partial charge is 0.332 e. The molecule has 168 valence electrons. The molecule has 0 saturated heterocycles. The third-order valence-electron chi connectivity index (χ3n) is 1.73. The number of hydrogen-bond acceptors (Lipinski definition) is 7. The summed E-state index contributed by atoms with van der Waals surface area (Å²) < 4.78 is 4.27. The SMILES string of the molecule is C=C(C)C(=O)O.C=C(C)C(=O)O.C=C(C)C(=O)O.C=C(C)C(=O)OC.OCCO. The van der Waals surface area contributed by atoms with E-state index in [9.17, 15) is 19.2 Å². The Kier molecular flexibility index (Phi) is 31.3. The van der Waals surface area contributed by atoms with Gasteiger partial charge in [-0.1, -0.05) is 26.3 Å². The van der Waals surface area contributed by atoms with Crippen LogP contribution in [0.5, 0.6) is 0 Å². The predicted octanol–water partition coefficient (Wildman–Crippen LogP) is 1.65. The second-order valence-corrected chi connectivity index (χ2v) is 4.98. The lowest BCUT2D eigenvalue weighted by atomic mass is 10.4. The van der Waals surface area contributed by atoms with Crippen molar-refractivity contribution in [1.82, 2.24) is 0 Å². The molecule has 0 atom stereocenters. The molecule has 29 heavy (non-hydrogen) atoms. The lowest BCUT2D eigenvalue weighted by Gasteiger charge is -1.91. The van der Waals surface area contributed by atoms with Crippen molar-refractivity contribution in [3.8, 4) is 0 Å². The first-order chi connectivity index (χ1) is 13.0. The number of aliphatic carboxylic acids is 3. The number of rotatable bonds is 5. The van der Waals surface area contributed by atoms with E-state index in [2.05, 4.69) is 31.1 Å². The summed E-state index contributed by atoms with van der Waals surface area (Å²) in [6, 6.07) is 0. The Morgan fingerprint density at radius 2 is 0.793 bits per heavy atom. The van der Waals surface area contributed by atoms with E-state index < -0.39 is 17.9 Å². The molecule has 5 N–H and O–H groups in total. The maximum Gasteiger partial charge on any atom is 0.332 e. The van der Waals surface area contributed by atoms with Crippen molar-refractivity contribution in [3.63, 3.8) is 0 Å². The molecule has 10 heteroatoms. The first-order valence-electron chi connectivity index (χ1n) is 7.65. The molecule has 0 aromatic carbocycles. The quantitative estimate of drug-likeness (QED) is 0.324. The van der Waals surface area contributed by atoms with E-state index in [0.717, 1.165) is 0 Å². The van der Waals surface area contributed by atoms with Gasteiger partial charge in [-0.05, 0) is 27.7 Å². The van der Waals surface area contributed by atoms with Gasteiger partial charge in [0.25, 0.3) is 0 Å². The molecule has 0 spiro atoms. The molecule has 0 saturated carbocycles. The summed E-state index contributed by atoms with van der Waals surface area (Å²) in [6.45, 7) is 18.5. The summed E-state index contributed by atoms with van der Waals surface area (Å²) in [5.41, 5.74) is 0.961. The molecule has 0 radical (unpaired) electrons. The van der Waals surface area contributed by atoms with Gasteiger partial charge in [-0.25, -0.2) is 19.2 Å². The maximum atomic E-state index is 10.2. The zero-order chi connectivity index (χ0) is 24.7. The van der Waals surface area contributed by atoms with E-state index in [1.54, 1.807) is 6.92 Å². The highest BCUT2D eigenvalue weighted by molar-refractivity contribution is 5.86. The minimum absolute atomic E-state index is 0.125. The van der Waals surface area contributed by atoms with Crippen LogP contribution in [0, 0.1) is 0 Å². The van der Waals surface area contributed by atoms with Gasteiger partial charge in [-0.3, -0.25) is 0 Å². The van der Waals surface area contributed by atoms with Gasteiger partial charge in [0.15, 0.2) is 0 Å². The summed E-state index contributed by atoms with van der Waals surface area (Å²) in [5, 5.41) is 38.9. The average Bonchev–Trinajstić information content (AvgIpc) is 2.62. The third kappa shape index (κ3) is 51.6. The molecule has 0 amide bonds. The zero-order valence-corrected chi connectivity index (χ0v) is 17.5. The summed E-state index contributed by atoms with van der Waals surface area (Å²) in [5.74, 6) is -3.15. The van der Waals surface area contributed by atoms with E-state index in [0.29, 0.717) is 5.57 Å². The molecular formula is C19H32O10. The number of hydrogen-bond donors (Lipinski definition) is 5. The minimum atomic E-state index is -0.935. The van der Waals surface area contributed by atoms with Crippen molar-refractivity contribution in [1.29, 1.82) is 0 Å². The van der Waals surface area contributed by atoms with Crippen LogP contribution in [0.15, 0.2) is 48.6 Å². The molecule has 0 rings (SSSR count). The second-order valence-electron chi connectivity index (χ2n) is 4.98. The van der Waals surface area contributed by atoms with Crippen LogP contribution in [0.25, 0.3) is 0 Å². The fraction of sp³-hybridized carbons (Fsp3) is 0.368. The standard InChI is InChI=1S/C5H8O2.3C4H6O2.C2H6O2/c1-4(2)5(6)7-3;3*1-3(2)4(5)6;3-1-2-4/h1H2,2-3H3;3*1H2,2H3,(H,5,6);3-4H,1-2H2. The normalized spacial score (nSPS) is 7.55. The van der Waals surface area contributed by atoms with E-state index in [4.69, 9.17) is 25.5 Å².